The molecular formula is C28H26N2O2. The molecule has 0 aromatic heterocycles. The summed E-state index contributed by atoms with van der Waals surface area (Å²) in [7, 11) is 0. The lowest BCUT2D eigenvalue weighted by Crippen LogP contribution is -2.49. The molecule has 4 heteroatoms. The highest BCUT2D eigenvalue weighted by Gasteiger charge is 2.31. The average Bonchev–Trinajstić information content (AvgIpc) is 2.83. The molecule has 1 fully saturated rings. The maximum Gasteiger partial charge on any atom is 0.240 e. The molecule has 4 rings (SSSR count). The van der Waals surface area contributed by atoms with Crippen LogP contribution in [0.25, 0.3) is 12.2 Å². The summed E-state index contributed by atoms with van der Waals surface area (Å²) in [4.78, 5) is 28.2. The molecule has 0 aliphatic carbocycles. The smallest absolute Gasteiger partial charge is 0.240 e. The summed E-state index contributed by atoms with van der Waals surface area (Å²) in [5, 5.41) is 0. The van der Waals surface area contributed by atoms with Crippen LogP contribution in [0, 0.1) is 0 Å². The molecule has 0 bridgehead atoms. The lowest BCUT2D eigenvalue weighted by molar-refractivity contribution is -0.132. The molecule has 1 atom stereocenters. The van der Waals surface area contributed by atoms with Crippen molar-refractivity contribution in [3.63, 3.8) is 0 Å². The molecule has 3 aromatic carbocycles. The quantitative estimate of drug-likeness (QED) is 0.629. The number of piperidine rings is 1. The van der Waals surface area contributed by atoms with Crippen molar-refractivity contribution in [3.05, 3.63) is 119 Å². The lowest BCUT2D eigenvalue weighted by Gasteiger charge is -2.32. The number of hydrogen-bond acceptors (Lipinski definition) is 3. The van der Waals surface area contributed by atoms with Gasteiger partial charge in [0.05, 0.1) is 6.04 Å². The van der Waals surface area contributed by atoms with E-state index in [0.29, 0.717) is 17.6 Å². The first-order valence-corrected chi connectivity index (χ1v) is 10.7. The van der Waals surface area contributed by atoms with Gasteiger partial charge in [0.15, 0.2) is 5.78 Å². The summed E-state index contributed by atoms with van der Waals surface area (Å²) in [5.74, 6) is -0.183. The summed E-state index contributed by atoms with van der Waals surface area (Å²) in [6.45, 7) is 0.502. The fourth-order valence-corrected chi connectivity index (χ4v) is 3.89. The Morgan fingerprint density at radius 1 is 0.781 bits per heavy atom. The van der Waals surface area contributed by atoms with Crippen LogP contribution in [0.3, 0.4) is 0 Å². The van der Waals surface area contributed by atoms with Crippen LogP contribution in [0.4, 0.5) is 0 Å². The second-order valence-corrected chi connectivity index (χ2v) is 7.98. The molecular weight excluding hydrogens is 396 g/mol. The number of ketones is 1. The summed E-state index contributed by atoms with van der Waals surface area (Å²) in [6.07, 6.45) is 4.19. The van der Waals surface area contributed by atoms with Crippen LogP contribution in [-0.4, -0.2) is 35.7 Å². The van der Waals surface area contributed by atoms with Gasteiger partial charge in [-0.1, -0.05) is 91.0 Å². The minimum absolute atomic E-state index is 0.0293. The summed E-state index contributed by atoms with van der Waals surface area (Å²) < 4.78 is 0. The highest BCUT2D eigenvalue weighted by atomic mass is 16.2. The molecule has 1 aliphatic rings. The number of benzene rings is 3. The molecule has 0 spiro atoms. The number of nitrogens with zero attached hydrogens (tertiary/aromatic N) is 1. The van der Waals surface area contributed by atoms with Crippen LogP contribution < -0.4 is 5.73 Å². The van der Waals surface area contributed by atoms with Gasteiger partial charge in [0, 0.05) is 24.2 Å². The number of rotatable bonds is 5. The van der Waals surface area contributed by atoms with Gasteiger partial charge >= 0.3 is 0 Å². The van der Waals surface area contributed by atoms with Gasteiger partial charge in [-0.3, -0.25) is 9.59 Å². The lowest BCUT2D eigenvalue weighted by atomic mass is 9.93. The molecule has 3 aromatic rings. The van der Waals surface area contributed by atoms with E-state index in [2.05, 4.69) is 0 Å². The van der Waals surface area contributed by atoms with Gasteiger partial charge < -0.3 is 10.6 Å². The first kappa shape index (κ1) is 21.5. The molecule has 1 saturated heterocycles. The number of hydrogen-bond donors (Lipinski definition) is 1. The normalized spacial score (nSPS) is 17.5. The summed E-state index contributed by atoms with van der Waals surface area (Å²) in [6, 6.07) is 28.5. The van der Waals surface area contributed by atoms with E-state index in [1.165, 1.54) is 0 Å². The zero-order valence-electron chi connectivity index (χ0n) is 17.9. The molecule has 32 heavy (non-hydrogen) atoms. The van der Waals surface area contributed by atoms with Gasteiger partial charge in [-0.2, -0.15) is 0 Å². The topological polar surface area (TPSA) is 63.4 Å². The van der Waals surface area contributed by atoms with Gasteiger partial charge in [0.1, 0.15) is 0 Å². The van der Waals surface area contributed by atoms with E-state index in [9.17, 15) is 9.59 Å². The fourth-order valence-electron chi connectivity index (χ4n) is 3.89. The Balaban J connectivity index is 1.63. The summed E-state index contributed by atoms with van der Waals surface area (Å²) in [5.41, 5.74) is 10.3. The van der Waals surface area contributed by atoms with Crippen LogP contribution in [0.15, 0.2) is 102 Å². The average molecular weight is 423 g/mol. The van der Waals surface area contributed by atoms with Gasteiger partial charge in [-0.05, 0) is 35.3 Å². The third-order valence-corrected chi connectivity index (χ3v) is 5.51. The largest absolute Gasteiger partial charge is 0.332 e. The van der Waals surface area contributed by atoms with Crippen LogP contribution in [0.1, 0.15) is 16.7 Å². The Morgan fingerprint density at radius 3 is 1.69 bits per heavy atom. The van der Waals surface area contributed by atoms with E-state index in [4.69, 9.17) is 5.73 Å². The molecule has 0 saturated carbocycles. The van der Waals surface area contributed by atoms with Crippen LogP contribution in [0.5, 0.6) is 0 Å². The first-order chi connectivity index (χ1) is 15.6. The number of amides is 1. The van der Waals surface area contributed by atoms with Crippen LogP contribution >= 0.6 is 0 Å². The molecule has 0 radical (unpaired) electrons. The molecule has 1 amide bonds. The third kappa shape index (κ3) is 5.29. The van der Waals surface area contributed by atoms with E-state index in [1.54, 1.807) is 4.90 Å². The predicted molar refractivity (Wildman–Crippen MR) is 129 cm³/mol. The van der Waals surface area contributed by atoms with Crippen molar-refractivity contribution in [2.45, 2.75) is 12.5 Å². The number of carbonyl (C=O) groups excluding carboxylic acids is 2. The Labute approximate surface area is 188 Å². The van der Waals surface area contributed by atoms with E-state index in [1.807, 2.05) is 103 Å². The van der Waals surface area contributed by atoms with E-state index in [0.717, 1.165) is 16.7 Å². The van der Waals surface area contributed by atoms with Crippen molar-refractivity contribution in [3.8, 4) is 0 Å². The maximum atomic E-state index is 13.3. The van der Waals surface area contributed by atoms with E-state index < -0.39 is 6.04 Å². The number of Topliss-reactive ketones (excluding diaryl/α,β-unsaturated/α-hetero) is 1. The Morgan fingerprint density at radius 2 is 1.22 bits per heavy atom. The molecule has 2 N–H and O–H groups in total. The van der Waals surface area contributed by atoms with Crippen molar-refractivity contribution in [2.24, 2.45) is 5.73 Å². The molecule has 1 unspecified atom stereocenters. The zero-order valence-corrected chi connectivity index (χ0v) is 17.9. The number of likely N-dealkylation sites (tertiary alicyclic amines) is 1. The van der Waals surface area contributed by atoms with Crippen molar-refractivity contribution in [1.82, 2.24) is 4.90 Å². The van der Waals surface area contributed by atoms with E-state index in [-0.39, 0.29) is 24.8 Å². The molecule has 160 valence electrons. The van der Waals surface area contributed by atoms with Crippen LogP contribution in [-0.2, 0) is 16.0 Å². The Bertz CT molecular complexity index is 1070. The standard InChI is InChI=1S/C28H26N2O2/c29-26(18-23-14-8-3-9-15-23)28(32)30-19-24(16-21-10-4-1-5-11-21)27(31)25(20-30)17-22-12-6-2-7-13-22/h1-17,26H,18-20,29H2. The predicted octanol–water partition coefficient (Wildman–Crippen LogP) is 4.13. The van der Waals surface area contributed by atoms with Gasteiger partial charge in [-0.25, -0.2) is 0 Å². The first-order valence-electron chi connectivity index (χ1n) is 10.7. The second-order valence-electron chi connectivity index (χ2n) is 7.98. The van der Waals surface area contributed by atoms with Crippen LogP contribution in [0.2, 0.25) is 0 Å². The highest BCUT2D eigenvalue weighted by Crippen LogP contribution is 2.23. The van der Waals surface area contributed by atoms with Gasteiger partial charge in [0.25, 0.3) is 0 Å². The number of nitrogens with two attached hydrogens (primary N) is 1. The Hall–Kier alpha value is -3.76. The molecule has 1 aliphatic heterocycles. The van der Waals surface area contributed by atoms with Gasteiger partial charge in [-0.15, -0.1) is 0 Å². The molecule has 1 heterocycles. The van der Waals surface area contributed by atoms with E-state index >= 15 is 0 Å². The summed E-state index contributed by atoms with van der Waals surface area (Å²) >= 11 is 0. The zero-order chi connectivity index (χ0) is 22.3. The minimum Gasteiger partial charge on any atom is -0.332 e. The number of carbonyl (C=O) groups is 2. The molecule has 4 nitrogen and oxygen atoms in total. The monoisotopic (exact) mass is 422 g/mol. The fraction of sp³-hybridized carbons (Fsp3) is 0.143. The third-order valence-electron chi connectivity index (χ3n) is 5.51. The minimum atomic E-state index is -0.665. The maximum absolute atomic E-state index is 13.3. The van der Waals surface area contributed by atoms with Crippen molar-refractivity contribution >= 4 is 23.8 Å². The second kappa shape index (κ2) is 10.0. The highest BCUT2D eigenvalue weighted by molar-refractivity contribution is 6.15. The SMILES string of the molecule is NC(Cc1ccccc1)C(=O)N1CC(=Cc2ccccc2)C(=O)C(=Cc2ccccc2)C1. The van der Waals surface area contributed by atoms with Crippen molar-refractivity contribution in [2.75, 3.05) is 13.1 Å². The van der Waals surface area contributed by atoms with Crippen molar-refractivity contribution in [1.29, 1.82) is 0 Å². The van der Waals surface area contributed by atoms with Crippen molar-refractivity contribution < 1.29 is 9.59 Å². The van der Waals surface area contributed by atoms with Gasteiger partial charge in [0.2, 0.25) is 5.91 Å². The Kier molecular flexibility index (Phi) is 6.73.